The molecule has 1 aromatic heterocycles. The number of hydrogen-bond acceptors (Lipinski definition) is 3. The third-order valence-corrected chi connectivity index (χ3v) is 8.99. The zero-order valence-corrected chi connectivity index (χ0v) is 25.8. The highest BCUT2D eigenvalue weighted by Crippen LogP contribution is 2.40. The molecule has 47 heavy (non-hydrogen) atoms. The second-order valence-corrected chi connectivity index (χ2v) is 11.8. The van der Waals surface area contributed by atoms with Gasteiger partial charge in [-0.05, 0) is 59.3 Å². The summed E-state index contributed by atoms with van der Waals surface area (Å²) in [6.07, 6.45) is 0.692. The van der Waals surface area contributed by atoms with E-state index in [4.69, 9.17) is 4.99 Å². The third kappa shape index (κ3) is 4.95. The van der Waals surface area contributed by atoms with Gasteiger partial charge in [0, 0.05) is 39.6 Å². The molecule has 0 saturated carbocycles. The maximum Gasteiger partial charge on any atom is 0.0992 e. The highest BCUT2D eigenvalue weighted by atomic mass is 15.0. The Morgan fingerprint density at radius 2 is 1.38 bits per heavy atom. The third-order valence-electron chi connectivity index (χ3n) is 8.99. The van der Waals surface area contributed by atoms with Gasteiger partial charge in [-0.2, -0.15) is 5.26 Å². The first-order valence-electron chi connectivity index (χ1n) is 15.7. The van der Waals surface area contributed by atoms with Gasteiger partial charge in [-0.25, -0.2) is 0 Å². The highest BCUT2D eigenvalue weighted by molar-refractivity contribution is 6.23. The van der Waals surface area contributed by atoms with Crippen molar-refractivity contribution in [2.75, 3.05) is 0 Å². The molecule has 0 spiro atoms. The Hall–Kier alpha value is -6.31. The van der Waals surface area contributed by atoms with Crippen molar-refractivity contribution in [1.29, 1.82) is 5.26 Å². The molecular weight excluding hydrogens is 573 g/mol. The van der Waals surface area contributed by atoms with Crippen LogP contribution >= 0.6 is 0 Å². The Bertz CT molecular complexity index is 2370. The minimum atomic E-state index is 0.539. The van der Waals surface area contributed by atoms with Crippen LogP contribution in [0.25, 0.3) is 44.3 Å². The lowest BCUT2D eigenvalue weighted by atomic mass is 9.94. The fourth-order valence-corrected chi connectivity index (χ4v) is 6.93. The number of benzene rings is 6. The number of nitrogens with zero attached hydrogens (tertiary/aromatic N) is 4. The molecule has 0 unspecified atom stereocenters. The van der Waals surface area contributed by atoms with Crippen molar-refractivity contribution in [2.24, 2.45) is 9.98 Å². The summed E-state index contributed by atoms with van der Waals surface area (Å²) in [4.78, 5) is 9.86. The molecular formula is C43H30N4. The molecule has 0 atom stereocenters. The Kier molecular flexibility index (Phi) is 7.13. The van der Waals surface area contributed by atoms with Crippen LogP contribution in [0.2, 0.25) is 0 Å². The van der Waals surface area contributed by atoms with Gasteiger partial charge in [-0.1, -0.05) is 115 Å². The lowest BCUT2D eigenvalue weighted by Gasteiger charge is -2.15. The van der Waals surface area contributed by atoms with Gasteiger partial charge in [-0.3, -0.25) is 9.98 Å². The van der Waals surface area contributed by atoms with E-state index in [2.05, 4.69) is 119 Å². The SMILES string of the molecule is C=N/C(=C1/Cc2cccc(-c3cc(C#N)cc(-n4c5ccccc5c5ccccc54)c3)c2C1=NCc1ccccc1)c1ccccc1. The predicted molar refractivity (Wildman–Crippen MR) is 194 cm³/mol. The summed E-state index contributed by atoms with van der Waals surface area (Å²) in [7, 11) is 0. The molecule has 8 rings (SSSR count). The second kappa shape index (κ2) is 11.9. The zero-order chi connectivity index (χ0) is 31.7. The first-order chi connectivity index (χ1) is 23.2. The average molecular weight is 603 g/mol. The minimum Gasteiger partial charge on any atom is -0.309 e. The summed E-state index contributed by atoms with van der Waals surface area (Å²) in [5.74, 6) is 0. The van der Waals surface area contributed by atoms with Crippen LogP contribution < -0.4 is 0 Å². The van der Waals surface area contributed by atoms with Gasteiger partial charge in [0.15, 0.2) is 0 Å². The molecule has 0 aliphatic heterocycles. The predicted octanol–water partition coefficient (Wildman–Crippen LogP) is 9.98. The quantitative estimate of drug-likeness (QED) is 0.175. The summed E-state index contributed by atoms with van der Waals surface area (Å²) < 4.78 is 2.27. The number of rotatable bonds is 6. The van der Waals surface area contributed by atoms with Gasteiger partial charge in [-0.15, -0.1) is 0 Å². The topological polar surface area (TPSA) is 53.4 Å². The van der Waals surface area contributed by atoms with E-state index in [9.17, 15) is 5.26 Å². The van der Waals surface area contributed by atoms with Crippen LogP contribution in [0.4, 0.5) is 0 Å². The van der Waals surface area contributed by atoms with Gasteiger partial charge >= 0.3 is 0 Å². The molecule has 1 aliphatic rings. The van der Waals surface area contributed by atoms with Crippen LogP contribution in [-0.2, 0) is 13.0 Å². The smallest absolute Gasteiger partial charge is 0.0992 e. The average Bonchev–Trinajstić information content (AvgIpc) is 3.67. The van der Waals surface area contributed by atoms with Crippen LogP contribution in [0.3, 0.4) is 0 Å². The van der Waals surface area contributed by atoms with Gasteiger partial charge in [0.1, 0.15) is 0 Å². The molecule has 4 nitrogen and oxygen atoms in total. The van der Waals surface area contributed by atoms with Crippen molar-refractivity contribution in [2.45, 2.75) is 13.0 Å². The van der Waals surface area contributed by atoms with Crippen LogP contribution in [0.1, 0.15) is 27.8 Å². The first kappa shape index (κ1) is 28.2. The molecule has 0 bridgehead atoms. The van der Waals surface area contributed by atoms with E-state index < -0.39 is 0 Å². The maximum atomic E-state index is 10.3. The molecule has 1 aliphatic carbocycles. The maximum absolute atomic E-state index is 10.3. The summed E-state index contributed by atoms with van der Waals surface area (Å²) in [5, 5.41) is 12.6. The van der Waals surface area contributed by atoms with Crippen molar-refractivity contribution in [3.05, 3.63) is 179 Å². The number of aromatic nitrogens is 1. The van der Waals surface area contributed by atoms with Gasteiger partial charge in [0.25, 0.3) is 0 Å². The van der Waals surface area contributed by atoms with Crippen molar-refractivity contribution in [3.8, 4) is 22.9 Å². The van der Waals surface area contributed by atoms with E-state index in [1.54, 1.807) is 0 Å². The standard InChI is InChI=1S/C43H30N4/c1-45-42(31-15-6-3-7-16-31)38-26-32-17-12-20-35(41(32)43(38)46-28-29-13-4-2-5-14-29)33-23-30(27-44)24-34(25-33)47-39-21-10-8-18-36(39)37-19-9-11-22-40(37)47/h2-25H,1,26,28H2/b42-38-,46-43?. The molecule has 0 N–H and O–H groups in total. The van der Waals surface area contributed by atoms with E-state index in [1.165, 1.54) is 16.3 Å². The number of hydrogen-bond donors (Lipinski definition) is 0. The molecule has 0 amide bonds. The summed E-state index contributed by atoms with van der Waals surface area (Å²) in [6, 6.07) is 52.5. The van der Waals surface area contributed by atoms with E-state index in [1.807, 2.05) is 48.5 Å². The van der Waals surface area contributed by atoms with E-state index in [0.717, 1.165) is 61.5 Å². The molecule has 0 saturated heterocycles. The molecule has 6 aromatic carbocycles. The number of nitriles is 1. The number of para-hydroxylation sites is 2. The minimum absolute atomic E-state index is 0.539. The van der Waals surface area contributed by atoms with E-state index in [0.29, 0.717) is 18.5 Å². The van der Waals surface area contributed by atoms with Crippen molar-refractivity contribution < 1.29 is 0 Å². The molecule has 1 heterocycles. The second-order valence-electron chi connectivity index (χ2n) is 11.8. The molecule has 7 aromatic rings. The number of aliphatic imine (C=N–C) groups is 2. The van der Waals surface area contributed by atoms with Gasteiger partial charge < -0.3 is 4.57 Å². The first-order valence-corrected chi connectivity index (χ1v) is 15.7. The normalized spacial score (nSPS) is 14.3. The monoisotopic (exact) mass is 602 g/mol. The number of fused-ring (bicyclic) bond motifs is 4. The molecule has 4 heteroatoms. The van der Waals surface area contributed by atoms with Crippen LogP contribution in [0.5, 0.6) is 0 Å². The fraction of sp³-hybridized carbons (Fsp3) is 0.0465. The van der Waals surface area contributed by atoms with E-state index >= 15 is 0 Å². The lowest BCUT2D eigenvalue weighted by molar-refractivity contribution is 1.07. The summed E-state index contributed by atoms with van der Waals surface area (Å²) in [6.45, 7) is 4.53. The molecule has 0 fully saturated rings. The fourth-order valence-electron chi connectivity index (χ4n) is 6.93. The van der Waals surface area contributed by atoms with Gasteiger partial charge in [0.2, 0.25) is 0 Å². The van der Waals surface area contributed by atoms with E-state index in [-0.39, 0.29) is 0 Å². The number of allylic oxidation sites excluding steroid dienone is 1. The van der Waals surface area contributed by atoms with Crippen molar-refractivity contribution in [3.63, 3.8) is 0 Å². The largest absolute Gasteiger partial charge is 0.309 e. The Morgan fingerprint density at radius 3 is 2.06 bits per heavy atom. The Balaban J connectivity index is 1.36. The Morgan fingerprint density at radius 1 is 0.723 bits per heavy atom. The van der Waals surface area contributed by atoms with Crippen LogP contribution in [0, 0.1) is 11.3 Å². The molecule has 222 valence electrons. The van der Waals surface area contributed by atoms with Crippen LogP contribution in [-0.4, -0.2) is 17.0 Å². The van der Waals surface area contributed by atoms with Crippen LogP contribution in [0.15, 0.2) is 161 Å². The summed E-state index contributed by atoms with van der Waals surface area (Å²) in [5.41, 5.74) is 13.0. The van der Waals surface area contributed by atoms with Crippen molar-refractivity contribution in [1.82, 2.24) is 4.57 Å². The summed E-state index contributed by atoms with van der Waals surface area (Å²) >= 11 is 0. The van der Waals surface area contributed by atoms with Gasteiger partial charge in [0.05, 0.1) is 40.6 Å². The van der Waals surface area contributed by atoms with Crippen molar-refractivity contribution >= 4 is 39.9 Å². The lowest BCUT2D eigenvalue weighted by Crippen LogP contribution is -2.05. The zero-order valence-electron chi connectivity index (χ0n) is 25.8. The molecule has 0 radical (unpaired) electrons. The Labute approximate surface area is 273 Å². The highest BCUT2D eigenvalue weighted by Gasteiger charge is 2.29.